The zero-order chi connectivity index (χ0) is 20.4. The summed E-state index contributed by atoms with van der Waals surface area (Å²) in [4.78, 5) is 52.4. The molecule has 1 saturated heterocycles. The molecule has 2 aromatic carbocycles. The lowest BCUT2D eigenvalue weighted by Gasteiger charge is -2.28. The first-order valence-corrected chi connectivity index (χ1v) is 8.32. The summed E-state index contributed by atoms with van der Waals surface area (Å²) in [7, 11) is 0. The molecule has 1 aliphatic heterocycles. The van der Waals surface area contributed by atoms with Crippen LogP contribution in [0, 0.1) is 29.9 Å². The van der Waals surface area contributed by atoms with Gasteiger partial charge in [0.1, 0.15) is 0 Å². The van der Waals surface area contributed by atoms with Crippen LogP contribution in [0.2, 0.25) is 0 Å². The molecule has 1 heterocycles. The number of hydrogen-bond acceptors (Lipinski definition) is 6. The maximum atomic E-state index is 12.8. The molecule has 28 heavy (non-hydrogen) atoms. The second-order valence-corrected chi connectivity index (χ2v) is 6.29. The van der Waals surface area contributed by atoms with Crippen LogP contribution in [0.25, 0.3) is 0 Å². The van der Waals surface area contributed by atoms with Crippen molar-refractivity contribution in [1.29, 1.82) is 0 Å². The Labute approximate surface area is 159 Å². The minimum absolute atomic E-state index is 0.159. The Morgan fingerprint density at radius 1 is 1.11 bits per heavy atom. The fourth-order valence-electron chi connectivity index (χ4n) is 2.67. The molecule has 142 valence electrons. The third kappa shape index (κ3) is 3.63. The van der Waals surface area contributed by atoms with Crippen LogP contribution in [0.3, 0.4) is 0 Å². The number of carbonyl (C=O) groups is 3. The zero-order valence-corrected chi connectivity index (χ0v) is 15.1. The number of rotatable bonds is 4. The van der Waals surface area contributed by atoms with Crippen LogP contribution in [0.15, 0.2) is 47.5 Å². The van der Waals surface area contributed by atoms with Gasteiger partial charge in [0.05, 0.1) is 16.3 Å². The number of anilines is 1. The van der Waals surface area contributed by atoms with Gasteiger partial charge < -0.3 is 0 Å². The van der Waals surface area contributed by atoms with Gasteiger partial charge in [-0.25, -0.2) is 9.69 Å². The van der Waals surface area contributed by atoms with Crippen molar-refractivity contribution >= 4 is 41.1 Å². The summed E-state index contributed by atoms with van der Waals surface area (Å²) in [6, 6.07) is 9.95. The van der Waals surface area contributed by atoms with Gasteiger partial charge in [-0.15, -0.1) is 0 Å². The molecule has 0 aromatic heterocycles. The molecule has 0 unspecified atom stereocenters. The summed E-state index contributed by atoms with van der Waals surface area (Å²) in [6.07, 6.45) is 1.09. The molecule has 2 aromatic rings. The topological polar surface area (TPSA) is 122 Å². The summed E-state index contributed by atoms with van der Waals surface area (Å²) >= 11 is 0. The van der Waals surface area contributed by atoms with Crippen molar-refractivity contribution in [3.05, 3.63) is 63.7 Å². The van der Waals surface area contributed by atoms with E-state index in [2.05, 4.69) is 10.3 Å². The van der Waals surface area contributed by atoms with Gasteiger partial charge in [0.15, 0.2) is 5.92 Å². The highest BCUT2D eigenvalue weighted by atomic mass is 16.6. The van der Waals surface area contributed by atoms with Crippen LogP contribution in [0.1, 0.15) is 11.1 Å². The van der Waals surface area contributed by atoms with E-state index in [4.69, 9.17) is 0 Å². The summed E-state index contributed by atoms with van der Waals surface area (Å²) < 4.78 is 0. The van der Waals surface area contributed by atoms with Gasteiger partial charge in [0, 0.05) is 18.3 Å². The van der Waals surface area contributed by atoms with Crippen LogP contribution in [-0.4, -0.2) is 29.0 Å². The third-order valence-corrected chi connectivity index (χ3v) is 4.26. The largest absolute Gasteiger partial charge is 0.335 e. The number of amides is 4. The van der Waals surface area contributed by atoms with Crippen LogP contribution in [-0.2, 0) is 9.59 Å². The van der Waals surface area contributed by atoms with Gasteiger partial charge in [0.25, 0.3) is 11.6 Å². The predicted molar refractivity (Wildman–Crippen MR) is 102 cm³/mol. The molecular formula is C19H16N4O5. The highest BCUT2D eigenvalue weighted by molar-refractivity contribution is 6.32. The number of hydrogen-bond donors (Lipinski definition) is 1. The van der Waals surface area contributed by atoms with Crippen LogP contribution in [0.4, 0.5) is 21.9 Å². The minimum atomic E-state index is -1.34. The van der Waals surface area contributed by atoms with E-state index < -0.39 is 28.7 Å². The Hall–Kier alpha value is -3.88. The maximum Gasteiger partial charge on any atom is 0.335 e. The fraction of sp³-hybridized carbons (Fsp3) is 0.158. The number of aryl methyl sites for hydroxylation is 2. The molecule has 4 amide bonds. The number of barbiturate groups is 1. The van der Waals surface area contributed by atoms with Gasteiger partial charge in [0.2, 0.25) is 5.91 Å². The average Bonchev–Trinajstić information content (AvgIpc) is 2.64. The van der Waals surface area contributed by atoms with E-state index >= 15 is 0 Å². The molecule has 1 N–H and O–H groups in total. The summed E-state index contributed by atoms with van der Waals surface area (Å²) in [5, 5.41) is 13.1. The number of nitro groups is 1. The number of carbonyl (C=O) groups excluding carboxylic acids is 3. The van der Waals surface area contributed by atoms with Crippen molar-refractivity contribution in [2.75, 3.05) is 4.90 Å². The van der Waals surface area contributed by atoms with E-state index in [9.17, 15) is 24.5 Å². The Bertz CT molecular complexity index is 1010. The number of nitrogens with zero attached hydrogens (tertiary/aromatic N) is 3. The standard InChI is InChI=1S/C19H16N4O5/c1-11-3-6-13(7-4-11)22-18(25)15(17(24)21-19(22)26)10-20-16-9-14(23(27)28)8-5-12(16)2/h3-10,15H,1-2H3,(H,21,24,26)/t15-/m0/s1. The minimum Gasteiger partial charge on any atom is -0.276 e. The summed E-state index contributed by atoms with van der Waals surface area (Å²) in [6.45, 7) is 3.56. The van der Waals surface area contributed by atoms with Crippen molar-refractivity contribution < 1.29 is 19.3 Å². The first-order chi connectivity index (χ1) is 13.3. The maximum absolute atomic E-state index is 12.8. The fourth-order valence-corrected chi connectivity index (χ4v) is 2.67. The Morgan fingerprint density at radius 2 is 1.79 bits per heavy atom. The van der Waals surface area contributed by atoms with E-state index in [-0.39, 0.29) is 11.4 Å². The van der Waals surface area contributed by atoms with Gasteiger partial charge in [-0.2, -0.15) is 0 Å². The number of benzene rings is 2. The predicted octanol–water partition coefficient (Wildman–Crippen LogP) is 2.81. The second kappa shape index (κ2) is 7.39. The normalized spacial score (nSPS) is 17.1. The van der Waals surface area contributed by atoms with E-state index in [1.807, 2.05) is 6.92 Å². The Balaban J connectivity index is 1.92. The molecule has 1 fully saturated rings. The van der Waals surface area contributed by atoms with Crippen molar-refractivity contribution in [3.8, 4) is 0 Å². The lowest BCUT2D eigenvalue weighted by atomic mass is 10.1. The van der Waals surface area contributed by atoms with Gasteiger partial charge in [-0.3, -0.25) is 30.0 Å². The highest BCUT2D eigenvalue weighted by Crippen LogP contribution is 2.25. The lowest BCUT2D eigenvalue weighted by molar-refractivity contribution is -0.384. The van der Waals surface area contributed by atoms with E-state index in [1.54, 1.807) is 31.2 Å². The number of non-ortho nitro benzene ring substituents is 1. The van der Waals surface area contributed by atoms with Crippen molar-refractivity contribution in [2.24, 2.45) is 10.9 Å². The molecule has 1 aliphatic rings. The van der Waals surface area contributed by atoms with Gasteiger partial charge in [-0.05, 0) is 31.5 Å². The molecule has 0 aliphatic carbocycles. The van der Waals surface area contributed by atoms with Crippen molar-refractivity contribution in [1.82, 2.24) is 5.32 Å². The quantitative estimate of drug-likeness (QED) is 0.378. The molecular weight excluding hydrogens is 364 g/mol. The number of urea groups is 1. The third-order valence-electron chi connectivity index (χ3n) is 4.26. The summed E-state index contributed by atoms with van der Waals surface area (Å²) in [5.41, 5.74) is 2.01. The lowest BCUT2D eigenvalue weighted by Crippen LogP contribution is -2.58. The molecule has 3 rings (SSSR count). The number of nitrogens with one attached hydrogen (secondary N) is 1. The first-order valence-electron chi connectivity index (χ1n) is 8.32. The second-order valence-electron chi connectivity index (χ2n) is 6.29. The molecule has 9 heteroatoms. The summed E-state index contributed by atoms with van der Waals surface area (Å²) in [5.74, 6) is -2.88. The van der Waals surface area contributed by atoms with Gasteiger partial charge in [-0.1, -0.05) is 23.8 Å². The smallest absolute Gasteiger partial charge is 0.276 e. The van der Waals surface area contributed by atoms with Gasteiger partial charge >= 0.3 is 6.03 Å². The zero-order valence-electron chi connectivity index (χ0n) is 15.1. The van der Waals surface area contributed by atoms with Crippen LogP contribution >= 0.6 is 0 Å². The molecule has 9 nitrogen and oxygen atoms in total. The molecule has 0 radical (unpaired) electrons. The van der Waals surface area contributed by atoms with E-state index in [0.717, 1.165) is 16.7 Å². The van der Waals surface area contributed by atoms with Crippen LogP contribution < -0.4 is 10.2 Å². The average molecular weight is 380 g/mol. The van der Waals surface area contributed by atoms with E-state index in [1.165, 1.54) is 18.2 Å². The number of aliphatic imine (C=N–C) groups is 1. The first kappa shape index (κ1) is 18.9. The van der Waals surface area contributed by atoms with Crippen molar-refractivity contribution in [3.63, 3.8) is 0 Å². The Kier molecular flexibility index (Phi) is 4.99. The van der Waals surface area contributed by atoms with Crippen LogP contribution in [0.5, 0.6) is 0 Å². The highest BCUT2D eigenvalue weighted by Gasteiger charge is 2.40. The molecule has 1 atom stereocenters. The van der Waals surface area contributed by atoms with E-state index in [0.29, 0.717) is 11.3 Å². The molecule has 0 bridgehead atoms. The monoisotopic (exact) mass is 380 g/mol. The number of nitro benzene ring substituents is 1. The van der Waals surface area contributed by atoms with Crippen molar-refractivity contribution in [2.45, 2.75) is 13.8 Å². The SMILES string of the molecule is Cc1ccc(N2C(=O)NC(=O)[C@H](C=Nc3cc([N+](=O)[O-])ccc3C)C2=O)cc1. The Morgan fingerprint density at radius 3 is 2.43 bits per heavy atom. The molecule has 0 saturated carbocycles. The molecule has 0 spiro atoms. The number of imide groups is 2.